The van der Waals surface area contributed by atoms with E-state index < -0.39 is 48.2 Å². The van der Waals surface area contributed by atoms with Crippen molar-refractivity contribution in [1.29, 1.82) is 0 Å². The number of alkyl carbamates (subject to hydrolysis) is 1. The standard InChI is InChI=1S/C25H39N3O7/c1-15(2)20(27-24(33)35-25(5,6)7)23(32)28(11-12-29)21(22(31)26-14-19(30)34-8)18-13-16(3)9-10-17(18)4/h9-10,13,15,20-21,29H,11-12,14H2,1-8H3,(H,26,31)(H,27,33). The first-order valence-electron chi connectivity index (χ1n) is 11.5. The van der Waals surface area contributed by atoms with Crippen molar-refractivity contribution < 1.29 is 33.8 Å². The molecular formula is C25H39N3O7. The number of carbonyl (C=O) groups is 4. The van der Waals surface area contributed by atoms with Crippen molar-refractivity contribution in [3.8, 4) is 0 Å². The Labute approximate surface area is 207 Å². The quantitative estimate of drug-likeness (QED) is 0.425. The predicted octanol–water partition coefficient (Wildman–Crippen LogP) is 2.00. The molecule has 3 N–H and O–H groups in total. The smallest absolute Gasteiger partial charge is 0.408 e. The number of benzene rings is 1. The van der Waals surface area contributed by atoms with Crippen LogP contribution in [0.25, 0.3) is 0 Å². The maximum absolute atomic E-state index is 13.8. The first-order valence-corrected chi connectivity index (χ1v) is 11.5. The highest BCUT2D eigenvalue weighted by Gasteiger charge is 2.38. The lowest BCUT2D eigenvalue weighted by atomic mass is 9.95. The van der Waals surface area contributed by atoms with Crippen molar-refractivity contribution >= 4 is 23.9 Å². The normalized spacial score (nSPS) is 13.0. The van der Waals surface area contributed by atoms with Crippen LogP contribution in [0.15, 0.2) is 18.2 Å². The fraction of sp³-hybridized carbons (Fsp3) is 0.600. The average molecular weight is 494 g/mol. The molecular weight excluding hydrogens is 454 g/mol. The second-order valence-electron chi connectivity index (χ2n) is 9.68. The van der Waals surface area contributed by atoms with Crippen molar-refractivity contribution in [1.82, 2.24) is 15.5 Å². The van der Waals surface area contributed by atoms with E-state index in [0.717, 1.165) is 11.1 Å². The predicted molar refractivity (Wildman–Crippen MR) is 130 cm³/mol. The number of nitrogens with zero attached hydrogens (tertiary/aromatic N) is 1. The average Bonchev–Trinajstić information content (AvgIpc) is 2.75. The molecule has 0 aliphatic carbocycles. The number of hydrogen-bond donors (Lipinski definition) is 3. The summed E-state index contributed by atoms with van der Waals surface area (Å²) in [6, 6.07) is 3.28. The minimum atomic E-state index is -1.17. The number of aliphatic hydroxyl groups is 1. The lowest BCUT2D eigenvalue weighted by Crippen LogP contribution is -2.55. The molecule has 0 saturated heterocycles. The van der Waals surface area contributed by atoms with Gasteiger partial charge in [0.15, 0.2) is 0 Å². The molecule has 2 unspecified atom stereocenters. The lowest BCUT2D eigenvalue weighted by Gasteiger charge is -2.35. The molecule has 0 heterocycles. The Bertz CT molecular complexity index is 909. The third-order valence-electron chi connectivity index (χ3n) is 5.15. The number of nitrogens with one attached hydrogen (secondary N) is 2. The fourth-order valence-corrected chi connectivity index (χ4v) is 3.43. The molecule has 10 nitrogen and oxygen atoms in total. The summed E-state index contributed by atoms with van der Waals surface area (Å²) in [5.74, 6) is -2.19. The fourth-order valence-electron chi connectivity index (χ4n) is 3.43. The van der Waals surface area contributed by atoms with Gasteiger partial charge >= 0.3 is 12.1 Å². The Morgan fingerprint density at radius 3 is 2.26 bits per heavy atom. The summed E-state index contributed by atoms with van der Waals surface area (Å²) in [4.78, 5) is 52.4. The number of aliphatic hydroxyl groups excluding tert-OH is 1. The molecule has 10 heteroatoms. The second kappa shape index (κ2) is 13.1. The molecule has 1 aromatic carbocycles. The molecule has 0 bridgehead atoms. The number of aryl methyl sites for hydroxylation is 2. The third-order valence-corrected chi connectivity index (χ3v) is 5.15. The van der Waals surface area contributed by atoms with Crippen LogP contribution in [0.2, 0.25) is 0 Å². The molecule has 196 valence electrons. The Morgan fingerprint density at radius 2 is 1.74 bits per heavy atom. The summed E-state index contributed by atoms with van der Waals surface area (Å²) < 4.78 is 9.91. The first kappa shape index (κ1) is 29.9. The number of rotatable bonds is 10. The molecule has 0 saturated carbocycles. The zero-order valence-electron chi connectivity index (χ0n) is 21.9. The van der Waals surface area contributed by atoms with E-state index in [9.17, 15) is 24.3 Å². The molecule has 0 spiro atoms. The monoisotopic (exact) mass is 493 g/mol. The maximum atomic E-state index is 13.8. The van der Waals surface area contributed by atoms with Crippen molar-refractivity contribution in [2.24, 2.45) is 5.92 Å². The van der Waals surface area contributed by atoms with Gasteiger partial charge in [-0.05, 0) is 51.7 Å². The van der Waals surface area contributed by atoms with Gasteiger partial charge in [-0.3, -0.25) is 14.4 Å². The summed E-state index contributed by atoms with van der Waals surface area (Å²) >= 11 is 0. The van der Waals surface area contributed by atoms with Gasteiger partial charge in [-0.25, -0.2) is 4.79 Å². The van der Waals surface area contributed by atoms with Crippen LogP contribution in [-0.4, -0.2) is 72.3 Å². The Hall–Kier alpha value is -3.14. The highest BCUT2D eigenvalue weighted by Crippen LogP contribution is 2.27. The Morgan fingerprint density at radius 1 is 1.11 bits per heavy atom. The van der Waals surface area contributed by atoms with E-state index in [4.69, 9.17) is 4.74 Å². The highest BCUT2D eigenvalue weighted by molar-refractivity contribution is 5.93. The van der Waals surface area contributed by atoms with Crippen LogP contribution in [0.4, 0.5) is 4.79 Å². The van der Waals surface area contributed by atoms with Crippen LogP contribution in [0.3, 0.4) is 0 Å². The first-order chi connectivity index (χ1) is 16.2. The zero-order valence-corrected chi connectivity index (χ0v) is 21.9. The third kappa shape index (κ3) is 9.20. The van der Waals surface area contributed by atoms with Crippen molar-refractivity contribution in [3.05, 3.63) is 34.9 Å². The number of amides is 3. The summed E-state index contributed by atoms with van der Waals surface area (Å²) in [7, 11) is 1.20. The van der Waals surface area contributed by atoms with Crippen LogP contribution >= 0.6 is 0 Å². The Kier molecular flexibility index (Phi) is 11.2. The van der Waals surface area contributed by atoms with Crippen LogP contribution in [0.1, 0.15) is 57.4 Å². The van der Waals surface area contributed by atoms with Crippen molar-refractivity contribution in [2.45, 2.75) is 66.2 Å². The van der Waals surface area contributed by atoms with E-state index in [-0.39, 0.29) is 19.0 Å². The Balaban J connectivity index is 3.47. The van der Waals surface area contributed by atoms with Gasteiger partial charge in [0.1, 0.15) is 24.2 Å². The van der Waals surface area contributed by atoms with Gasteiger partial charge in [-0.15, -0.1) is 0 Å². The number of ether oxygens (including phenoxy) is 2. The number of hydrogen-bond acceptors (Lipinski definition) is 7. The number of methoxy groups -OCH3 is 1. The molecule has 0 aliphatic rings. The van der Waals surface area contributed by atoms with Crippen LogP contribution in [-0.2, 0) is 23.9 Å². The minimum absolute atomic E-state index is 0.179. The van der Waals surface area contributed by atoms with Crippen LogP contribution in [0, 0.1) is 19.8 Å². The molecule has 0 aliphatic heterocycles. The molecule has 1 aromatic rings. The molecule has 0 aromatic heterocycles. The van der Waals surface area contributed by atoms with E-state index in [1.54, 1.807) is 47.6 Å². The van der Waals surface area contributed by atoms with Gasteiger partial charge in [-0.1, -0.05) is 37.6 Å². The van der Waals surface area contributed by atoms with Crippen molar-refractivity contribution in [3.63, 3.8) is 0 Å². The number of carbonyl (C=O) groups excluding carboxylic acids is 4. The summed E-state index contributed by atoms with van der Waals surface area (Å²) in [5, 5.41) is 14.9. The van der Waals surface area contributed by atoms with Gasteiger partial charge < -0.3 is 30.1 Å². The van der Waals surface area contributed by atoms with Gasteiger partial charge in [0, 0.05) is 6.54 Å². The van der Waals surface area contributed by atoms with E-state index >= 15 is 0 Å². The topological polar surface area (TPSA) is 134 Å². The lowest BCUT2D eigenvalue weighted by molar-refractivity contribution is -0.145. The number of esters is 1. The van der Waals surface area contributed by atoms with E-state index in [1.807, 2.05) is 19.1 Å². The highest BCUT2D eigenvalue weighted by atomic mass is 16.6. The van der Waals surface area contributed by atoms with Crippen LogP contribution in [0.5, 0.6) is 0 Å². The summed E-state index contributed by atoms with van der Waals surface area (Å²) in [6.07, 6.45) is -0.771. The molecule has 1 rings (SSSR count). The minimum Gasteiger partial charge on any atom is -0.468 e. The van der Waals surface area contributed by atoms with Gasteiger partial charge in [-0.2, -0.15) is 0 Å². The summed E-state index contributed by atoms with van der Waals surface area (Å²) in [6.45, 7) is 11.3. The molecule has 0 radical (unpaired) electrons. The SMILES string of the molecule is COC(=O)CNC(=O)C(c1cc(C)ccc1C)N(CCO)C(=O)C(NC(=O)OC(C)(C)C)C(C)C. The summed E-state index contributed by atoms with van der Waals surface area (Å²) in [5.41, 5.74) is 1.37. The molecule has 2 atom stereocenters. The largest absolute Gasteiger partial charge is 0.468 e. The van der Waals surface area contributed by atoms with E-state index in [2.05, 4.69) is 15.4 Å². The van der Waals surface area contributed by atoms with Crippen LogP contribution < -0.4 is 10.6 Å². The van der Waals surface area contributed by atoms with E-state index in [1.165, 1.54) is 12.0 Å². The molecule has 35 heavy (non-hydrogen) atoms. The van der Waals surface area contributed by atoms with Crippen molar-refractivity contribution in [2.75, 3.05) is 26.8 Å². The molecule has 0 fully saturated rings. The van der Waals surface area contributed by atoms with E-state index in [0.29, 0.717) is 5.56 Å². The zero-order chi connectivity index (χ0) is 26.9. The second-order valence-corrected chi connectivity index (χ2v) is 9.68. The van der Waals surface area contributed by atoms with Gasteiger partial charge in [0.05, 0.1) is 13.7 Å². The van der Waals surface area contributed by atoms with Gasteiger partial charge in [0.25, 0.3) is 0 Å². The molecule has 3 amide bonds. The van der Waals surface area contributed by atoms with Gasteiger partial charge in [0.2, 0.25) is 11.8 Å². The maximum Gasteiger partial charge on any atom is 0.408 e.